The standard InChI is InChI=1S/C16H18N4OS.2ClH/c1-2-4-13-12(3-1)16-14(22-13)11-15(18-19-16)17-5-6-20-7-9-21-10-8-20;;/h1-4,11H,5-10H2,(H,17,18);2*1H. The molecule has 1 fully saturated rings. The minimum atomic E-state index is 0. The van der Waals surface area contributed by atoms with Crippen LogP contribution in [-0.2, 0) is 4.74 Å². The van der Waals surface area contributed by atoms with Crippen molar-refractivity contribution in [3.63, 3.8) is 0 Å². The van der Waals surface area contributed by atoms with Gasteiger partial charge in [-0.05, 0) is 6.07 Å². The number of fused-ring (bicyclic) bond motifs is 3. The number of thiophene rings is 1. The van der Waals surface area contributed by atoms with E-state index < -0.39 is 0 Å². The maximum Gasteiger partial charge on any atom is 0.150 e. The largest absolute Gasteiger partial charge is 0.379 e. The molecule has 3 heterocycles. The summed E-state index contributed by atoms with van der Waals surface area (Å²) in [4.78, 5) is 2.40. The average molecular weight is 387 g/mol. The normalized spacial score (nSPS) is 15.0. The van der Waals surface area contributed by atoms with E-state index in [4.69, 9.17) is 4.74 Å². The van der Waals surface area contributed by atoms with Gasteiger partial charge in [-0.3, -0.25) is 4.90 Å². The first-order valence-corrected chi connectivity index (χ1v) is 8.41. The third-order valence-corrected chi connectivity index (χ3v) is 5.07. The summed E-state index contributed by atoms with van der Waals surface area (Å²) in [6, 6.07) is 10.4. The van der Waals surface area contributed by atoms with E-state index in [1.165, 1.54) is 14.8 Å². The second kappa shape index (κ2) is 8.78. The first kappa shape index (κ1) is 19.1. The van der Waals surface area contributed by atoms with Gasteiger partial charge in [0.15, 0.2) is 0 Å². The summed E-state index contributed by atoms with van der Waals surface area (Å²) in [7, 11) is 0. The molecule has 5 nitrogen and oxygen atoms in total. The summed E-state index contributed by atoms with van der Waals surface area (Å²) in [5.41, 5.74) is 0.999. The maximum atomic E-state index is 5.36. The van der Waals surface area contributed by atoms with E-state index in [1.54, 1.807) is 11.3 Å². The van der Waals surface area contributed by atoms with Gasteiger partial charge in [0.2, 0.25) is 0 Å². The lowest BCUT2D eigenvalue weighted by molar-refractivity contribution is 0.0398. The number of anilines is 1. The first-order chi connectivity index (χ1) is 10.9. The van der Waals surface area contributed by atoms with Crippen molar-refractivity contribution in [2.45, 2.75) is 0 Å². The third kappa shape index (κ3) is 4.07. The molecule has 0 spiro atoms. The molecule has 4 rings (SSSR count). The van der Waals surface area contributed by atoms with Crippen LogP contribution in [0.25, 0.3) is 20.3 Å². The monoisotopic (exact) mass is 386 g/mol. The van der Waals surface area contributed by atoms with Crippen molar-refractivity contribution in [3.05, 3.63) is 30.3 Å². The SMILES string of the molecule is Cl.Cl.c1ccc2c(c1)sc1cc(NCCN3CCOCC3)nnc12. The van der Waals surface area contributed by atoms with Crippen LogP contribution in [0.2, 0.25) is 0 Å². The summed E-state index contributed by atoms with van der Waals surface area (Å²) in [5, 5.41) is 13.3. The maximum absolute atomic E-state index is 5.36. The van der Waals surface area contributed by atoms with Gasteiger partial charge in [0.1, 0.15) is 11.3 Å². The Bertz CT molecular complexity index is 792. The van der Waals surface area contributed by atoms with Crippen molar-refractivity contribution in [1.29, 1.82) is 0 Å². The molecule has 1 aliphatic heterocycles. The summed E-state index contributed by atoms with van der Waals surface area (Å²) in [6.45, 7) is 5.60. The van der Waals surface area contributed by atoms with Crippen LogP contribution >= 0.6 is 36.2 Å². The van der Waals surface area contributed by atoms with Crippen LogP contribution in [0, 0.1) is 0 Å². The van der Waals surface area contributed by atoms with Crippen LogP contribution in [0.1, 0.15) is 0 Å². The van der Waals surface area contributed by atoms with Crippen molar-refractivity contribution in [2.24, 2.45) is 0 Å². The highest BCUT2D eigenvalue weighted by Gasteiger charge is 2.10. The third-order valence-electron chi connectivity index (χ3n) is 3.96. The van der Waals surface area contributed by atoms with Crippen LogP contribution in [0.4, 0.5) is 5.82 Å². The molecule has 1 aliphatic rings. The molecule has 0 saturated carbocycles. The number of hydrogen-bond donors (Lipinski definition) is 1. The number of hydrogen-bond acceptors (Lipinski definition) is 6. The molecular formula is C16H20Cl2N4OS. The van der Waals surface area contributed by atoms with Crippen LogP contribution < -0.4 is 5.32 Å². The molecule has 0 aliphatic carbocycles. The lowest BCUT2D eigenvalue weighted by atomic mass is 10.2. The molecule has 1 saturated heterocycles. The Hall–Kier alpha value is -1.18. The van der Waals surface area contributed by atoms with Crippen molar-refractivity contribution in [1.82, 2.24) is 15.1 Å². The van der Waals surface area contributed by atoms with Crippen molar-refractivity contribution in [2.75, 3.05) is 44.7 Å². The van der Waals surface area contributed by atoms with E-state index in [0.717, 1.165) is 50.7 Å². The Morgan fingerprint density at radius 2 is 1.88 bits per heavy atom. The Labute approximate surface area is 157 Å². The Balaban J connectivity index is 0.00000104. The number of ether oxygens (including phenoxy) is 1. The summed E-state index contributed by atoms with van der Waals surface area (Å²) >= 11 is 1.77. The fourth-order valence-electron chi connectivity index (χ4n) is 2.76. The summed E-state index contributed by atoms with van der Waals surface area (Å²) in [5.74, 6) is 0.854. The lowest BCUT2D eigenvalue weighted by Crippen LogP contribution is -2.39. The number of nitrogens with zero attached hydrogens (tertiary/aromatic N) is 3. The van der Waals surface area contributed by atoms with Gasteiger partial charge in [-0.15, -0.1) is 46.3 Å². The molecule has 2 aromatic heterocycles. The number of nitrogens with one attached hydrogen (secondary N) is 1. The number of halogens is 2. The number of benzene rings is 1. The Kier molecular flexibility index (Phi) is 7.01. The average Bonchev–Trinajstić information content (AvgIpc) is 2.93. The van der Waals surface area contributed by atoms with E-state index in [9.17, 15) is 0 Å². The quantitative estimate of drug-likeness (QED) is 0.743. The molecule has 0 unspecified atom stereocenters. The van der Waals surface area contributed by atoms with E-state index in [1.807, 2.05) is 6.07 Å². The number of rotatable bonds is 4. The zero-order valence-electron chi connectivity index (χ0n) is 13.1. The Morgan fingerprint density at radius 1 is 1.08 bits per heavy atom. The lowest BCUT2D eigenvalue weighted by Gasteiger charge is -2.26. The fourth-order valence-corrected chi connectivity index (χ4v) is 3.84. The highest BCUT2D eigenvalue weighted by atomic mass is 35.5. The predicted molar refractivity (Wildman–Crippen MR) is 105 cm³/mol. The van der Waals surface area contributed by atoms with Crippen LogP contribution in [0.5, 0.6) is 0 Å². The number of aromatic nitrogens is 2. The van der Waals surface area contributed by atoms with Crippen LogP contribution in [0.3, 0.4) is 0 Å². The zero-order chi connectivity index (χ0) is 14.8. The Morgan fingerprint density at radius 3 is 2.71 bits per heavy atom. The molecular weight excluding hydrogens is 367 g/mol. The predicted octanol–water partition coefficient (Wildman–Crippen LogP) is 3.43. The van der Waals surface area contributed by atoms with Crippen molar-refractivity contribution >= 4 is 62.3 Å². The van der Waals surface area contributed by atoms with Crippen molar-refractivity contribution < 1.29 is 4.74 Å². The van der Waals surface area contributed by atoms with Gasteiger partial charge >= 0.3 is 0 Å². The second-order valence-corrected chi connectivity index (χ2v) is 6.51. The smallest absolute Gasteiger partial charge is 0.150 e. The summed E-state index contributed by atoms with van der Waals surface area (Å²) < 4.78 is 7.80. The number of morpholine rings is 1. The minimum absolute atomic E-state index is 0. The van der Waals surface area contributed by atoms with Gasteiger partial charge in [-0.25, -0.2) is 0 Å². The van der Waals surface area contributed by atoms with Gasteiger partial charge in [-0.1, -0.05) is 18.2 Å². The van der Waals surface area contributed by atoms with Gasteiger partial charge < -0.3 is 10.1 Å². The molecule has 0 amide bonds. The van der Waals surface area contributed by atoms with Gasteiger partial charge in [-0.2, -0.15) is 0 Å². The molecule has 0 atom stereocenters. The molecule has 24 heavy (non-hydrogen) atoms. The van der Waals surface area contributed by atoms with E-state index in [-0.39, 0.29) is 24.8 Å². The summed E-state index contributed by atoms with van der Waals surface area (Å²) in [6.07, 6.45) is 0. The minimum Gasteiger partial charge on any atom is -0.379 e. The van der Waals surface area contributed by atoms with Crippen molar-refractivity contribution in [3.8, 4) is 0 Å². The molecule has 1 aromatic carbocycles. The fraction of sp³-hybridized carbons (Fsp3) is 0.375. The van der Waals surface area contributed by atoms with Crippen LogP contribution in [0.15, 0.2) is 30.3 Å². The molecule has 0 radical (unpaired) electrons. The second-order valence-electron chi connectivity index (χ2n) is 5.42. The highest BCUT2D eigenvalue weighted by Crippen LogP contribution is 2.32. The van der Waals surface area contributed by atoms with Gasteiger partial charge in [0, 0.05) is 42.3 Å². The van der Waals surface area contributed by atoms with E-state index in [2.05, 4.69) is 44.7 Å². The van der Waals surface area contributed by atoms with E-state index >= 15 is 0 Å². The highest BCUT2D eigenvalue weighted by molar-refractivity contribution is 7.25. The van der Waals surface area contributed by atoms with E-state index in [0.29, 0.717) is 0 Å². The topological polar surface area (TPSA) is 50.3 Å². The van der Waals surface area contributed by atoms with Gasteiger partial charge in [0.05, 0.1) is 17.9 Å². The molecule has 1 N–H and O–H groups in total. The molecule has 8 heteroatoms. The zero-order valence-corrected chi connectivity index (χ0v) is 15.6. The molecule has 0 bridgehead atoms. The molecule has 130 valence electrons. The first-order valence-electron chi connectivity index (χ1n) is 7.59. The van der Waals surface area contributed by atoms with Gasteiger partial charge in [0.25, 0.3) is 0 Å². The van der Waals surface area contributed by atoms with Crippen LogP contribution in [-0.4, -0.2) is 54.5 Å². The molecule has 3 aromatic rings.